The van der Waals surface area contributed by atoms with Crippen LogP contribution in [0.1, 0.15) is 18.9 Å². The van der Waals surface area contributed by atoms with Crippen LogP contribution in [-0.2, 0) is 6.42 Å². The third-order valence-electron chi connectivity index (χ3n) is 3.57. The van der Waals surface area contributed by atoms with Crippen molar-refractivity contribution in [3.05, 3.63) is 30.1 Å². The van der Waals surface area contributed by atoms with Crippen LogP contribution in [0.4, 0.5) is 0 Å². The van der Waals surface area contributed by atoms with E-state index in [1.165, 1.54) is 18.5 Å². The maximum absolute atomic E-state index is 6.09. The van der Waals surface area contributed by atoms with Crippen molar-refractivity contribution in [3.8, 4) is 0 Å². The van der Waals surface area contributed by atoms with Gasteiger partial charge in [0.25, 0.3) is 0 Å². The average Bonchev–Trinajstić information content (AvgIpc) is 2.32. The first kappa shape index (κ1) is 11.6. The van der Waals surface area contributed by atoms with E-state index in [0.29, 0.717) is 12.0 Å². The Balaban J connectivity index is 1.79. The Morgan fingerprint density at radius 1 is 1.44 bits per heavy atom. The summed E-state index contributed by atoms with van der Waals surface area (Å²) in [7, 11) is 0. The Labute approximate surface area is 97.7 Å². The van der Waals surface area contributed by atoms with Gasteiger partial charge in [0.15, 0.2) is 0 Å². The molecule has 3 nitrogen and oxygen atoms in total. The molecule has 2 rings (SSSR count). The molecule has 0 aromatic carbocycles. The highest BCUT2D eigenvalue weighted by atomic mass is 15.1. The van der Waals surface area contributed by atoms with Gasteiger partial charge in [0, 0.05) is 31.5 Å². The summed E-state index contributed by atoms with van der Waals surface area (Å²) in [6.07, 6.45) is 6.06. The predicted octanol–water partition coefficient (Wildman–Crippen LogP) is 1.29. The van der Waals surface area contributed by atoms with Crippen LogP contribution in [0.5, 0.6) is 0 Å². The number of hydrogen-bond acceptors (Lipinski definition) is 3. The number of hydrogen-bond donors (Lipinski definition) is 1. The lowest BCUT2D eigenvalue weighted by Gasteiger charge is -2.35. The maximum atomic E-state index is 6.09. The molecule has 2 atom stereocenters. The van der Waals surface area contributed by atoms with Crippen LogP contribution >= 0.6 is 0 Å². The number of pyridine rings is 1. The lowest BCUT2D eigenvalue weighted by molar-refractivity contribution is 0.170. The van der Waals surface area contributed by atoms with Gasteiger partial charge in [-0.25, -0.2) is 0 Å². The molecular formula is C13H21N3. The molecule has 1 aromatic heterocycles. The standard InChI is InChI=1S/C13H21N3/c1-11-4-8-16(10-13(11)14)9-5-12-2-6-15-7-3-12/h2-3,6-7,11,13H,4-5,8-10,14H2,1H3. The quantitative estimate of drug-likeness (QED) is 0.833. The minimum Gasteiger partial charge on any atom is -0.326 e. The SMILES string of the molecule is CC1CCN(CCc2ccncc2)CC1N. The molecule has 0 saturated carbocycles. The van der Waals surface area contributed by atoms with Crippen molar-refractivity contribution in [3.63, 3.8) is 0 Å². The van der Waals surface area contributed by atoms with E-state index in [9.17, 15) is 0 Å². The van der Waals surface area contributed by atoms with Crippen LogP contribution in [0.3, 0.4) is 0 Å². The zero-order chi connectivity index (χ0) is 11.4. The lowest BCUT2D eigenvalue weighted by atomic mass is 9.94. The van der Waals surface area contributed by atoms with Crippen molar-refractivity contribution >= 4 is 0 Å². The van der Waals surface area contributed by atoms with Crippen LogP contribution in [0.2, 0.25) is 0 Å². The predicted molar refractivity (Wildman–Crippen MR) is 66.1 cm³/mol. The highest BCUT2D eigenvalue weighted by Crippen LogP contribution is 2.15. The Bertz CT molecular complexity index is 312. The van der Waals surface area contributed by atoms with Gasteiger partial charge < -0.3 is 10.6 Å². The molecule has 1 aliphatic heterocycles. The lowest BCUT2D eigenvalue weighted by Crippen LogP contribution is -2.48. The van der Waals surface area contributed by atoms with Crippen LogP contribution in [0.25, 0.3) is 0 Å². The van der Waals surface area contributed by atoms with Crippen molar-refractivity contribution in [2.24, 2.45) is 11.7 Å². The summed E-state index contributed by atoms with van der Waals surface area (Å²) >= 11 is 0. The second-order valence-corrected chi connectivity index (χ2v) is 4.84. The highest BCUT2D eigenvalue weighted by Gasteiger charge is 2.22. The second kappa shape index (κ2) is 5.41. The van der Waals surface area contributed by atoms with Crippen LogP contribution in [0.15, 0.2) is 24.5 Å². The summed E-state index contributed by atoms with van der Waals surface area (Å²) in [6.45, 7) is 5.61. The third kappa shape index (κ3) is 3.03. The molecule has 0 spiro atoms. The van der Waals surface area contributed by atoms with Crippen LogP contribution in [-0.4, -0.2) is 35.6 Å². The summed E-state index contributed by atoms with van der Waals surface area (Å²) in [6, 6.07) is 4.53. The van der Waals surface area contributed by atoms with Crippen molar-refractivity contribution in [1.29, 1.82) is 0 Å². The fourth-order valence-corrected chi connectivity index (χ4v) is 2.21. The molecule has 1 aromatic rings. The normalized spacial score (nSPS) is 26.9. The number of rotatable bonds is 3. The van der Waals surface area contributed by atoms with E-state index in [-0.39, 0.29) is 0 Å². The van der Waals surface area contributed by atoms with E-state index < -0.39 is 0 Å². The van der Waals surface area contributed by atoms with E-state index in [4.69, 9.17) is 5.73 Å². The summed E-state index contributed by atoms with van der Waals surface area (Å²) in [5.74, 6) is 0.678. The van der Waals surface area contributed by atoms with Gasteiger partial charge in [-0.05, 0) is 43.0 Å². The minimum absolute atomic E-state index is 0.353. The van der Waals surface area contributed by atoms with Gasteiger partial charge >= 0.3 is 0 Å². The van der Waals surface area contributed by atoms with Gasteiger partial charge in [0.1, 0.15) is 0 Å². The topological polar surface area (TPSA) is 42.2 Å². The monoisotopic (exact) mass is 219 g/mol. The summed E-state index contributed by atoms with van der Waals surface area (Å²) in [5, 5.41) is 0. The molecular weight excluding hydrogens is 198 g/mol. The van der Waals surface area contributed by atoms with Gasteiger partial charge in [-0.15, -0.1) is 0 Å². The number of likely N-dealkylation sites (tertiary alicyclic amines) is 1. The maximum Gasteiger partial charge on any atom is 0.0270 e. The largest absolute Gasteiger partial charge is 0.326 e. The minimum atomic E-state index is 0.353. The summed E-state index contributed by atoms with van der Waals surface area (Å²) in [5.41, 5.74) is 7.45. The number of nitrogens with two attached hydrogens (primary N) is 1. The second-order valence-electron chi connectivity index (χ2n) is 4.84. The number of nitrogens with zero attached hydrogens (tertiary/aromatic N) is 2. The zero-order valence-corrected chi connectivity index (χ0v) is 9.97. The molecule has 88 valence electrons. The molecule has 2 N–H and O–H groups in total. The fraction of sp³-hybridized carbons (Fsp3) is 0.615. The van der Waals surface area contributed by atoms with Crippen molar-refractivity contribution in [2.45, 2.75) is 25.8 Å². The van der Waals surface area contributed by atoms with Crippen LogP contribution in [0, 0.1) is 5.92 Å². The Hall–Kier alpha value is -0.930. The summed E-state index contributed by atoms with van der Waals surface area (Å²) in [4.78, 5) is 6.51. The first-order valence-corrected chi connectivity index (χ1v) is 6.12. The van der Waals surface area contributed by atoms with Gasteiger partial charge in [-0.1, -0.05) is 6.92 Å². The van der Waals surface area contributed by atoms with E-state index in [0.717, 1.165) is 19.5 Å². The van der Waals surface area contributed by atoms with Crippen molar-refractivity contribution < 1.29 is 0 Å². The Morgan fingerprint density at radius 2 is 2.19 bits per heavy atom. The van der Waals surface area contributed by atoms with E-state index in [1.807, 2.05) is 12.4 Å². The molecule has 0 aliphatic carbocycles. The average molecular weight is 219 g/mol. The zero-order valence-electron chi connectivity index (χ0n) is 9.97. The molecule has 1 saturated heterocycles. The molecule has 3 heteroatoms. The number of aromatic nitrogens is 1. The summed E-state index contributed by atoms with van der Waals surface area (Å²) < 4.78 is 0. The molecule has 2 unspecified atom stereocenters. The van der Waals surface area contributed by atoms with E-state index in [1.54, 1.807) is 0 Å². The fourth-order valence-electron chi connectivity index (χ4n) is 2.21. The molecule has 0 amide bonds. The molecule has 16 heavy (non-hydrogen) atoms. The van der Waals surface area contributed by atoms with Gasteiger partial charge in [0.2, 0.25) is 0 Å². The van der Waals surface area contributed by atoms with Crippen LogP contribution < -0.4 is 5.73 Å². The molecule has 1 fully saturated rings. The molecule has 1 aliphatic rings. The first-order chi connectivity index (χ1) is 7.75. The first-order valence-electron chi connectivity index (χ1n) is 6.12. The van der Waals surface area contributed by atoms with Gasteiger partial charge in [-0.3, -0.25) is 4.98 Å². The van der Waals surface area contributed by atoms with Gasteiger partial charge in [0.05, 0.1) is 0 Å². The van der Waals surface area contributed by atoms with Crippen molar-refractivity contribution in [1.82, 2.24) is 9.88 Å². The molecule has 2 heterocycles. The third-order valence-corrected chi connectivity index (χ3v) is 3.57. The smallest absolute Gasteiger partial charge is 0.0270 e. The van der Waals surface area contributed by atoms with E-state index >= 15 is 0 Å². The van der Waals surface area contributed by atoms with Crippen molar-refractivity contribution in [2.75, 3.05) is 19.6 Å². The molecule has 0 bridgehead atoms. The van der Waals surface area contributed by atoms with E-state index in [2.05, 4.69) is 28.9 Å². The molecule has 0 radical (unpaired) electrons. The highest BCUT2D eigenvalue weighted by molar-refractivity contribution is 5.10. The Kier molecular flexibility index (Phi) is 3.91. The Morgan fingerprint density at radius 3 is 2.88 bits per heavy atom. The number of piperidine rings is 1. The van der Waals surface area contributed by atoms with Gasteiger partial charge in [-0.2, -0.15) is 0 Å².